The number of carbonyl (C=O) groups is 1. The van der Waals surface area contributed by atoms with E-state index in [4.69, 9.17) is 11.6 Å². The minimum absolute atomic E-state index is 0.0606. The average Bonchev–Trinajstić information content (AvgIpc) is 2.94. The van der Waals surface area contributed by atoms with E-state index in [2.05, 4.69) is 4.99 Å². The highest BCUT2D eigenvalue weighted by Gasteiger charge is 2.23. The van der Waals surface area contributed by atoms with Crippen molar-refractivity contribution in [1.82, 2.24) is 4.90 Å². The summed E-state index contributed by atoms with van der Waals surface area (Å²) in [5.74, 6) is 0.525. The average molecular weight is 347 g/mol. The minimum Gasteiger partial charge on any atom is -0.340 e. The van der Waals surface area contributed by atoms with Gasteiger partial charge in [0.2, 0.25) is 5.91 Å². The molecule has 0 spiro atoms. The number of amides is 1. The molecule has 7 heteroatoms. The molecule has 0 bridgehead atoms. The molecule has 1 aromatic rings. The van der Waals surface area contributed by atoms with Gasteiger partial charge in [0.1, 0.15) is 10.2 Å². The minimum atomic E-state index is -0.391. The summed E-state index contributed by atoms with van der Waals surface area (Å²) in [4.78, 5) is 18.2. The first kappa shape index (κ1) is 16.6. The fraction of sp³-hybridized carbons (Fsp3) is 0.429. The standard InChI is InChI=1S/C14H16ClFN2OS2/c1-9(21-14-17-6-7-20-14)13(19)18(2)8-10-11(15)4-3-5-12(10)16/h3-5,9H,6-8H2,1-2H3/t9-/m1/s1. The molecular formula is C14H16ClFN2OS2. The monoisotopic (exact) mass is 346 g/mol. The molecule has 2 rings (SSSR count). The second kappa shape index (κ2) is 7.51. The third-order valence-electron chi connectivity index (χ3n) is 3.02. The Hall–Kier alpha value is -0.720. The van der Waals surface area contributed by atoms with E-state index in [-0.39, 0.29) is 17.7 Å². The lowest BCUT2D eigenvalue weighted by molar-refractivity contribution is -0.129. The summed E-state index contributed by atoms with van der Waals surface area (Å²) in [7, 11) is 1.66. The predicted molar refractivity (Wildman–Crippen MR) is 89.7 cm³/mol. The van der Waals surface area contributed by atoms with Gasteiger partial charge in [-0.05, 0) is 19.1 Å². The second-order valence-corrected chi connectivity index (χ2v) is 7.73. The van der Waals surface area contributed by atoms with Crippen molar-refractivity contribution in [3.63, 3.8) is 0 Å². The van der Waals surface area contributed by atoms with Gasteiger partial charge in [-0.2, -0.15) is 0 Å². The Morgan fingerprint density at radius 1 is 1.62 bits per heavy atom. The lowest BCUT2D eigenvalue weighted by Gasteiger charge is -2.21. The molecule has 0 unspecified atom stereocenters. The van der Waals surface area contributed by atoms with Gasteiger partial charge >= 0.3 is 0 Å². The summed E-state index contributed by atoms with van der Waals surface area (Å²) in [5.41, 5.74) is 0.347. The largest absolute Gasteiger partial charge is 0.340 e. The molecule has 21 heavy (non-hydrogen) atoms. The summed E-state index contributed by atoms with van der Waals surface area (Å²) >= 11 is 9.12. The molecule has 1 atom stereocenters. The van der Waals surface area contributed by atoms with E-state index < -0.39 is 5.82 Å². The Kier molecular flexibility index (Phi) is 5.96. The second-order valence-electron chi connectivity index (χ2n) is 4.65. The number of benzene rings is 1. The van der Waals surface area contributed by atoms with E-state index in [1.807, 2.05) is 6.92 Å². The highest BCUT2D eigenvalue weighted by atomic mass is 35.5. The van der Waals surface area contributed by atoms with Crippen molar-refractivity contribution in [2.45, 2.75) is 18.7 Å². The maximum atomic E-state index is 13.8. The van der Waals surface area contributed by atoms with Crippen LogP contribution < -0.4 is 0 Å². The van der Waals surface area contributed by atoms with Gasteiger partial charge in [0.05, 0.1) is 11.8 Å². The molecular weight excluding hydrogens is 331 g/mol. The highest BCUT2D eigenvalue weighted by Crippen LogP contribution is 2.27. The van der Waals surface area contributed by atoms with E-state index in [1.54, 1.807) is 30.9 Å². The van der Waals surface area contributed by atoms with Crippen molar-refractivity contribution >= 4 is 45.4 Å². The van der Waals surface area contributed by atoms with Crippen molar-refractivity contribution < 1.29 is 9.18 Å². The van der Waals surface area contributed by atoms with Crippen LogP contribution in [0.3, 0.4) is 0 Å². The van der Waals surface area contributed by atoms with Crippen LogP contribution in [0.15, 0.2) is 23.2 Å². The maximum Gasteiger partial charge on any atom is 0.235 e. The van der Waals surface area contributed by atoms with Crippen LogP contribution in [0.4, 0.5) is 4.39 Å². The molecule has 1 heterocycles. The molecule has 3 nitrogen and oxygen atoms in total. The number of carbonyl (C=O) groups excluding carboxylic acids is 1. The van der Waals surface area contributed by atoms with Gasteiger partial charge in [-0.1, -0.05) is 41.2 Å². The number of hydrogen-bond acceptors (Lipinski definition) is 4. The summed E-state index contributed by atoms with van der Waals surface area (Å²) in [6.07, 6.45) is 0. The van der Waals surface area contributed by atoms with Gasteiger partial charge < -0.3 is 4.90 Å². The lowest BCUT2D eigenvalue weighted by Crippen LogP contribution is -2.33. The van der Waals surface area contributed by atoms with Crippen LogP contribution in [0, 0.1) is 5.82 Å². The number of rotatable bonds is 4. The zero-order valence-corrected chi connectivity index (χ0v) is 14.2. The maximum absolute atomic E-state index is 13.8. The Morgan fingerprint density at radius 3 is 3.00 bits per heavy atom. The number of nitrogens with zero attached hydrogens (tertiary/aromatic N) is 2. The van der Waals surface area contributed by atoms with Gasteiger partial charge in [-0.3, -0.25) is 9.79 Å². The van der Waals surface area contributed by atoms with Gasteiger partial charge in [0.25, 0.3) is 0 Å². The first-order chi connectivity index (χ1) is 9.99. The van der Waals surface area contributed by atoms with Crippen LogP contribution in [-0.2, 0) is 11.3 Å². The van der Waals surface area contributed by atoms with E-state index in [0.29, 0.717) is 10.6 Å². The number of hydrogen-bond donors (Lipinski definition) is 0. The first-order valence-corrected chi connectivity index (χ1v) is 8.75. The Morgan fingerprint density at radius 2 is 2.38 bits per heavy atom. The van der Waals surface area contributed by atoms with Crippen LogP contribution >= 0.6 is 35.1 Å². The molecule has 0 saturated carbocycles. The van der Waals surface area contributed by atoms with E-state index in [9.17, 15) is 9.18 Å². The summed E-state index contributed by atoms with van der Waals surface area (Å²) in [6.45, 7) is 2.82. The Labute approximate surface area is 137 Å². The quantitative estimate of drug-likeness (QED) is 0.834. The molecule has 0 saturated heterocycles. The Balaban J connectivity index is 1.98. The molecule has 0 fully saturated rings. The zero-order chi connectivity index (χ0) is 15.4. The molecule has 0 N–H and O–H groups in total. The van der Waals surface area contributed by atoms with E-state index in [0.717, 1.165) is 16.7 Å². The lowest BCUT2D eigenvalue weighted by atomic mass is 10.2. The number of thioether (sulfide) groups is 2. The van der Waals surface area contributed by atoms with Crippen molar-refractivity contribution in [3.05, 3.63) is 34.6 Å². The fourth-order valence-electron chi connectivity index (χ4n) is 1.90. The van der Waals surface area contributed by atoms with Crippen LogP contribution in [0.5, 0.6) is 0 Å². The molecule has 1 aromatic carbocycles. The van der Waals surface area contributed by atoms with Gasteiger partial charge in [-0.25, -0.2) is 4.39 Å². The third kappa shape index (κ3) is 4.37. The predicted octanol–water partition coefficient (Wildman–Crippen LogP) is 3.66. The first-order valence-electron chi connectivity index (χ1n) is 6.51. The summed E-state index contributed by atoms with van der Waals surface area (Å²) in [6, 6.07) is 4.53. The summed E-state index contributed by atoms with van der Waals surface area (Å²) in [5, 5.41) is 0.0931. The van der Waals surface area contributed by atoms with E-state index >= 15 is 0 Å². The summed E-state index contributed by atoms with van der Waals surface area (Å²) < 4.78 is 14.7. The number of halogens is 2. The topological polar surface area (TPSA) is 32.7 Å². The molecule has 1 aliphatic heterocycles. The SMILES string of the molecule is C[C@@H](SC1=NCCS1)C(=O)N(C)Cc1c(F)cccc1Cl. The molecule has 1 aliphatic rings. The van der Waals surface area contributed by atoms with E-state index in [1.165, 1.54) is 22.7 Å². The van der Waals surface area contributed by atoms with Crippen molar-refractivity contribution in [2.75, 3.05) is 19.3 Å². The fourth-order valence-corrected chi connectivity index (χ4v) is 4.36. The van der Waals surface area contributed by atoms with Crippen LogP contribution in [0.2, 0.25) is 5.02 Å². The van der Waals surface area contributed by atoms with Crippen LogP contribution in [-0.4, -0.2) is 39.8 Å². The molecule has 1 amide bonds. The Bertz CT molecular complexity index is 548. The van der Waals surface area contributed by atoms with Gasteiger partial charge in [-0.15, -0.1) is 0 Å². The van der Waals surface area contributed by atoms with Crippen molar-refractivity contribution in [1.29, 1.82) is 0 Å². The van der Waals surface area contributed by atoms with Crippen molar-refractivity contribution in [2.24, 2.45) is 4.99 Å². The van der Waals surface area contributed by atoms with Crippen LogP contribution in [0.1, 0.15) is 12.5 Å². The normalized spacial score (nSPS) is 15.7. The van der Waals surface area contributed by atoms with Crippen LogP contribution in [0.25, 0.3) is 0 Å². The van der Waals surface area contributed by atoms with Gasteiger partial charge in [0.15, 0.2) is 0 Å². The molecule has 0 radical (unpaired) electrons. The van der Waals surface area contributed by atoms with Gasteiger partial charge in [0, 0.05) is 29.9 Å². The van der Waals surface area contributed by atoms with Crippen molar-refractivity contribution in [3.8, 4) is 0 Å². The highest BCUT2D eigenvalue weighted by molar-refractivity contribution is 8.39. The smallest absolute Gasteiger partial charge is 0.235 e. The number of aliphatic imine (C=N–C) groups is 1. The zero-order valence-electron chi connectivity index (χ0n) is 11.8. The molecule has 0 aliphatic carbocycles. The molecule has 114 valence electrons. The third-order valence-corrected chi connectivity index (χ3v) is 5.66. The molecule has 0 aromatic heterocycles.